The van der Waals surface area contributed by atoms with Gasteiger partial charge in [0.05, 0.1) is 0 Å². The maximum absolute atomic E-state index is 11.0. The van der Waals surface area contributed by atoms with Gasteiger partial charge >= 0.3 is 0 Å². The fourth-order valence-corrected chi connectivity index (χ4v) is 4.10. The van der Waals surface area contributed by atoms with Crippen molar-refractivity contribution < 1.29 is 48.1 Å². The van der Waals surface area contributed by atoms with Crippen molar-refractivity contribution in [3.05, 3.63) is 0 Å². The highest BCUT2D eigenvalue weighted by Gasteiger charge is 2.68. The Kier molecular flexibility index (Phi) is 5.64. The van der Waals surface area contributed by atoms with Crippen molar-refractivity contribution in [1.29, 1.82) is 0 Å². The van der Waals surface area contributed by atoms with E-state index >= 15 is 0 Å². The van der Waals surface area contributed by atoms with E-state index in [2.05, 4.69) is 0 Å². The molecule has 10 heteroatoms. The fourth-order valence-electron chi connectivity index (χ4n) is 4.10. The molecule has 164 valence electrons. The molecule has 2 aliphatic heterocycles. The molecule has 2 N–H and O–H groups in total. The number of hydrogen-bond acceptors (Lipinski definition) is 10. The van der Waals surface area contributed by atoms with Gasteiger partial charge in [-0.05, 0) is 27.7 Å². The van der Waals surface area contributed by atoms with Gasteiger partial charge in [-0.1, -0.05) is 0 Å². The van der Waals surface area contributed by atoms with Crippen LogP contribution in [0.5, 0.6) is 0 Å². The fraction of sp³-hybridized carbons (Fsp3) is 1.00. The minimum Gasteiger partial charge on any atom is -0.387 e. The van der Waals surface area contributed by atoms with E-state index in [1.807, 2.05) is 0 Å². The predicted octanol–water partition coefficient (Wildman–Crippen LogP) is -0.260. The zero-order chi connectivity index (χ0) is 21.1. The number of methoxy groups -OCH3 is 4. The van der Waals surface area contributed by atoms with Crippen molar-refractivity contribution >= 4 is 0 Å². The van der Waals surface area contributed by atoms with Gasteiger partial charge in [0.1, 0.15) is 36.6 Å². The monoisotopic (exact) mass is 408 g/mol. The van der Waals surface area contributed by atoms with Gasteiger partial charge in [0.25, 0.3) is 0 Å². The van der Waals surface area contributed by atoms with Gasteiger partial charge in [0.2, 0.25) is 23.1 Å². The molecular weight excluding hydrogens is 376 g/mol. The molecule has 1 saturated carbocycles. The lowest BCUT2D eigenvalue weighted by Gasteiger charge is -2.61. The molecular formula is C18H32O10. The van der Waals surface area contributed by atoms with Gasteiger partial charge in [-0.25, -0.2) is 0 Å². The summed E-state index contributed by atoms with van der Waals surface area (Å²) in [6.45, 7) is 6.55. The number of rotatable bonds is 4. The van der Waals surface area contributed by atoms with E-state index in [4.69, 9.17) is 37.9 Å². The summed E-state index contributed by atoms with van der Waals surface area (Å²) in [6.07, 6.45) is -6.24. The smallest absolute Gasteiger partial charge is 0.220 e. The maximum atomic E-state index is 11.0. The molecule has 3 fully saturated rings. The zero-order valence-electron chi connectivity index (χ0n) is 17.6. The second-order valence-corrected chi connectivity index (χ2v) is 7.91. The highest BCUT2D eigenvalue weighted by atomic mass is 16.8. The van der Waals surface area contributed by atoms with Gasteiger partial charge in [-0.2, -0.15) is 0 Å². The molecule has 2 saturated heterocycles. The van der Waals surface area contributed by atoms with Crippen molar-refractivity contribution in [2.24, 2.45) is 0 Å². The van der Waals surface area contributed by atoms with Crippen LogP contribution in [0.15, 0.2) is 0 Å². The van der Waals surface area contributed by atoms with E-state index in [0.29, 0.717) is 0 Å². The van der Waals surface area contributed by atoms with Crippen molar-refractivity contribution in [3.8, 4) is 0 Å². The Morgan fingerprint density at radius 3 is 0.821 bits per heavy atom. The molecule has 10 atom stereocenters. The third-order valence-electron chi connectivity index (χ3n) is 6.65. The normalized spacial score (nSPS) is 56.8. The second-order valence-electron chi connectivity index (χ2n) is 7.91. The zero-order valence-corrected chi connectivity index (χ0v) is 17.6. The van der Waals surface area contributed by atoms with E-state index in [9.17, 15) is 10.2 Å². The number of ether oxygens (including phenoxy) is 8. The largest absolute Gasteiger partial charge is 0.387 e. The van der Waals surface area contributed by atoms with Crippen LogP contribution in [0, 0.1) is 0 Å². The summed E-state index contributed by atoms with van der Waals surface area (Å²) in [5.74, 6) is -5.34. The molecule has 3 aliphatic rings. The molecule has 2 unspecified atom stereocenters. The molecule has 2 heterocycles. The minimum atomic E-state index is -1.34. The van der Waals surface area contributed by atoms with Crippen LogP contribution in [-0.4, -0.2) is 98.4 Å². The Hall–Kier alpha value is -0.400. The Morgan fingerprint density at radius 1 is 0.500 bits per heavy atom. The van der Waals surface area contributed by atoms with Crippen LogP contribution >= 0.6 is 0 Å². The molecule has 0 amide bonds. The van der Waals surface area contributed by atoms with Crippen LogP contribution in [0.25, 0.3) is 0 Å². The van der Waals surface area contributed by atoms with Crippen molar-refractivity contribution in [2.75, 3.05) is 28.4 Å². The van der Waals surface area contributed by atoms with E-state index in [0.717, 1.165) is 0 Å². The summed E-state index contributed by atoms with van der Waals surface area (Å²) in [6, 6.07) is 0. The van der Waals surface area contributed by atoms with Crippen LogP contribution in [0.3, 0.4) is 0 Å². The third-order valence-corrected chi connectivity index (χ3v) is 6.65. The number of fused-ring (bicyclic) bond motifs is 2. The van der Waals surface area contributed by atoms with E-state index in [1.165, 1.54) is 28.4 Å². The van der Waals surface area contributed by atoms with Crippen LogP contribution in [0.4, 0.5) is 0 Å². The Balaban J connectivity index is 1.97. The third kappa shape index (κ3) is 2.86. The molecule has 0 aromatic heterocycles. The highest BCUT2D eigenvalue weighted by Crippen LogP contribution is 2.48. The van der Waals surface area contributed by atoms with Gasteiger partial charge in [0, 0.05) is 28.4 Å². The summed E-state index contributed by atoms with van der Waals surface area (Å²) in [5, 5.41) is 22.1. The number of aliphatic hydroxyl groups excluding tert-OH is 2. The lowest BCUT2D eigenvalue weighted by atomic mass is 9.81. The van der Waals surface area contributed by atoms with Gasteiger partial charge < -0.3 is 48.1 Å². The van der Waals surface area contributed by atoms with Crippen LogP contribution in [0.2, 0.25) is 0 Å². The molecule has 0 aromatic rings. The molecule has 10 nitrogen and oxygen atoms in total. The summed E-state index contributed by atoms with van der Waals surface area (Å²) in [4.78, 5) is 0. The summed E-state index contributed by atoms with van der Waals surface area (Å²) in [5.41, 5.74) is 0. The molecule has 1 aliphatic carbocycles. The van der Waals surface area contributed by atoms with E-state index < -0.39 is 59.8 Å². The van der Waals surface area contributed by atoms with Gasteiger partial charge in [-0.3, -0.25) is 0 Å². The first-order chi connectivity index (χ1) is 12.9. The Bertz CT molecular complexity index is 493. The van der Waals surface area contributed by atoms with Crippen LogP contribution in [0.1, 0.15) is 27.7 Å². The summed E-state index contributed by atoms with van der Waals surface area (Å²) < 4.78 is 46.2. The maximum Gasteiger partial charge on any atom is 0.220 e. The van der Waals surface area contributed by atoms with Gasteiger partial charge in [0.15, 0.2) is 0 Å². The molecule has 0 aromatic carbocycles. The first kappa shape index (κ1) is 22.3. The minimum absolute atomic E-state index is 0.957. The summed E-state index contributed by atoms with van der Waals surface area (Å²) >= 11 is 0. The first-order valence-corrected chi connectivity index (χ1v) is 9.23. The number of aliphatic hydroxyl groups is 2. The van der Waals surface area contributed by atoms with Crippen LogP contribution < -0.4 is 0 Å². The Morgan fingerprint density at radius 2 is 0.679 bits per heavy atom. The van der Waals surface area contributed by atoms with Crippen LogP contribution in [-0.2, 0) is 37.9 Å². The highest BCUT2D eigenvalue weighted by molar-refractivity contribution is 5.09. The van der Waals surface area contributed by atoms with Crippen molar-refractivity contribution in [2.45, 2.75) is 87.5 Å². The summed E-state index contributed by atoms with van der Waals surface area (Å²) in [7, 11) is 5.78. The topological polar surface area (TPSA) is 114 Å². The molecule has 3 rings (SSSR count). The average molecular weight is 408 g/mol. The molecule has 28 heavy (non-hydrogen) atoms. The lowest BCUT2D eigenvalue weighted by Crippen LogP contribution is -2.79. The van der Waals surface area contributed by atoms with E-state index in [1.54, 1.807) is 27.7 Å². The number of hydrogen-bond donors (Lipinski definition) is 2. The first-order valence-electron chi connectivity index (χ1n) is 9.23. The second kappa shape index (κ2) is 7.09. The van der Waals surface area contributed by atoms with Crippen molar-refractivity contribution in [1.82, 2.24) is 0 Å². The average Bonchev–Trinajstić information content (AvgIpc) is 2.69. The van der Waals surface area contributed by atoms with Gasteiger partial charge in [-0.15, -0.1) is 0 Å². The predicted molar refractivity (Wildman–Crippen MR) is 93.2 cm³/mol. The van der Waals surface area contributed by atoms with Crippen molar-refractivity contribution in [3.63, 3.8) is 0 Å². The molecule has 0 spiro atoms. The SMILES string of the molecule is CO[C@]1(C)O[C@@H]2C(O)[C@@H]3O[C@@](C)(OC)[C@](C)(OC)O[C@H]3C(O)[C@H]2O[C@@]1(C)OC. The molecule has 0 radical (unpaired) electrons. The quantitative estimate of drug-likeness (QED) is 0.645. The standard InChI is InChI=1S/C18H32O10/c1-15(21-5)16(2,22-6)26-12-10(20)14-13(9(19)11(12)25-15)27-17(3,23-7)18(4,24-8)28-14/h9-14,19-20H,1-8H3/t9?,10?,11-,12-,13+,14+,15-,16-,17-,18-/m1/s1. The lowest BCUT2D eigenvalue weighted by molar-refractivity contribution is -0.503. The Labute approximate surface area is 164 Å². The molecule has 0 bridgehead atoms. The van der Waals surface area contributed by atoms with E-state index in [-0.39, 0.29) is 0 Å².